The minimum atomic E-state index is -1.03. The zero-order valence-electron chi connectivity index (χ0n) is 18.0. The lowest BCUT2D eigenvalue weighted by molar-refractivity contribution is -0.111. The number of rotatable bonds is 3. The van der Waals surface area contributed by atoms with E-state index >= 15 is 0 Å². The molecule has 2 aliphatic heterocycles. The quantitative estimate of drug-likeness (QED) is 0.648. The second kappa shape index (κ2) is 7.64. The van der Waals surface area contributed by atoms with Gasteiger partial charge in [-0.05, 0) is 81.8 Å². The Morgan fingerprint density at radius 3 is 2.60 bits per heavy atom. The van der Waals surface area contributed by atoms with Crippen LogP contribution in [0.3, 0.4) is 0 Å². The van der Waals surface area contributed by atoms with E-state index in [1.54, 1.807) is 26.0 Å². The highest BCUT2D eigenvalue weighted by molar-refractivity contribution is 5.49. The van der Waals surface area contributed by atoms with Crippen molar-refractivity contribution in [2.75, 3.05) is 0 Å². The Balaban J connectivity index is 1.77. The number of aliphatic hydroxyl groups is 2. The van der Waals surface area contributed by atoms with Crippen molar-refractivity contribution in [1.29, 1.82) is 0 Å². The SMILES string of the molecule is CC(C)=CCc1cc2c(cc1[C@@H]1CCc3ccc(O)cc3O1)C(O)C(O)C(C)(C)O2. The van der Waals surface area contributed by atoms with Crippen LogP contribution in [-0.2, 0) is 12.8 Å². The summed E-state index contributed by atoms with van der Waals surface area (Å²) in [6, 6.07) is 9.12. The third-order valence-corrected chi connectivity index (χ3v) is 6.05. The van der Waals surface area contributed by atoms with Gasteiger partial charge in [0.2, 0.25) is 0 Å². The fourth-order valence-corrected chi connectivity index (χ4v) is 4.24. The number of aromatic hydroxyl groups is 1. The molecule has 2 aromatic rings. The van der Waals surface area contributed by atoms with Gasteiger partial charge in [0, 0.05) is 11.6 Å². The minimum absolute atomic E-state index is 0.179. The van der Waals surface area contributed by atoms with Crippen molar-refractivity contribution in [2.45, 2.75) is 70.9 Å². The van der Waals surface area contributed by atoms with Gasteiger partial charge in [-0.1, -0.05) is 17.7 Å². The highest BCUT2D eigenvalue weighted by Gasteiger charge is 2.43. The van der Waals surface area contributed by atoms with Crippen molar-refractivity contribution in [3.05, 3.63) is 64.2 Å². The third-order valence-electron chi connectivity index (χ3n) is 6.05. The molecular weight excluding hydrogens is 380 g/mol. The zero-order valence-corrected chi connectivity index (χ0v) is 18.0. The summed E-state index contributed by atoms with van der Waals surface area (Å²) in [5, 5.41) is 31.1. The number of phenols is 1. The van der Waals surface area contributed by atoms with E-state index in [-0.39, 0.29) is 11.9 Å². The van der Waals surface area contributed by atoms with Gasteiger partial charge in [0.25, 0.3) is 0 Å². The summed E-state index contributed by atoms with van der Waals surface area (Å²) in [6.07, 6.45) is 2.26. The summed E-state index contributed by atoms with van der Waals surface area (Å²) in [7, 11) is 0. The summed E-state index contributed by atoms with van der Waals surface area (Å²) in [4.78, 5) is 0. The van der Waals surface area contributed by atoms with E-state index in [1.807, 2.05) is 18.2 Å². The van der Waals surface area contributed by atoms with Gasteiger partial charge in [-0.15, -0.1) is 0 Å². The Morgan fingerprint density at radius 2 is 1.87 bits per heavy atom. The van der Waals surface area contributed by atoms with Gasteiger partial charge >= 0.3 is 0 Å². The number of ether oxygens (including phenoxy) is 2. The summed E-state index contributed by atoms with van der Waals surface area (Å²) >= 11 is 0. The normalized spacial score (nSPS) is 24.1. The van der Waals surface area contributed by atoms with Crippen LogP contribution in [-0.4, -0.2) is 27.0 Å². The van der Waals surface area contributed by atoms with Crippen LogP contribution in [0, 0.1) is 0 Å². The molecule has 0 saturated heterocycles. The Morgan fingerprint density at radius 1 is 1.10 bits per heavy atom. The Kier molecular flexibility index (Phi) is 5.28. The average Bonchev–Trinajstić information content (AvgIpc) is 2.69. The maximum absolute atomic E-state index is 10.8. The highest BCUT2D eigenvalue weighted by atomic mass is 16.5. The Hall–Kier alpha value is -2.50. The van der Waals surface area contributed by atoms with Gasteiger partial charge in [0.1, 0.15) is 41.2 Å². The lowest BCUT2D eigenvalue weighted by atomic mass is 9.84. The molecule has 0 fully saturated rings. The molecule has 5 heteroatoms. The molecular formula is C25H30O5. The van der Waals surface area contributed by atoms with Crippen molar-refractivity contribution < 1.29 is 24.8 Å². The van der Waals surface area contributed by atoms with Gasteiger partial charge in [0.05, 0.1) is 0 Å². The van der Waals surface area contributed by atoms with Gasteiger partial charge in [-0.3, -0.25) is 0 Å². The van der Waals surface area contributed by atoms with E-state index in [4.69, 9.17) is 9.47 Å². The van der Waals surface area contributed by atoms with E-state index in [0.717, 1.165) is 36.0 Å². The number of aliphatic hydroxyl groups excluding tert-OH is 2. The molecule has 0 saturated carbocycles. The standard InChI is InChI=1S/C25H30O5/c1-14(2)5-6-16-11-22-19(23(27)24(28)25(3,4)30-22)13-18(16)20-10-8-15-7-9-17(26)12-21(15)29-20/h5,7,9,11-13,20,23-24,26-28H,6,8,10H2,1-4H3/t20-,23?,24?/m0/s1. The smallest absolute Gasteiger partial charge is 0.132 e. The van der Waals surface area contributed by atoms with Crippen molar-refractivity contribution in [2.24, 2.45) is 0 Å². The maximum atomic E-state index is 10.8. The Bertz CT molecular complexity index is 987. The van der Waals surface area contributed by atoms with E-state index < -0.39 is 17.8 Å². The van der Waals surface area contributed by atoms with E-state index in [9.17, 15) is 15.3 Å². The van der Waals surface area contributed by atoms with Crippen LogP contribution >= 0.6 is 0 Å². The average molecular weight is 411 g/mol. The molecule has 0 amide bonds. The Labute approximate surface area is 177 Å². The lowest BCUT2D eigenvalue weighted by Gasteiger charge is -2.41. The second-order valence-electron chi connectivity index (χ2n) is 9.11. The van der Waals surface area contributed by atoms with Crippen LogP contribution in [0.5, 0.6) is 17.2 Å². The number of phenolic OH excluding ortho intramolecular Hbond substituents is 1. The van der Waals surface area contributed by atoms with Gasteiger partial charge in [-0.25, -0.2) is 0 Å². The first-order valence-electron chi connectivity index (χ1n) is 10.5. The molecule has 160 valence electrons. The summed E-state index contributed by atoms with van der Waals surface area (Å²) in [6.45, 7) is 7.68. The molecule has 0 aromatic heterocycles. The number of hydrogen-bond acceptors (Lipinski definition) is 5. The largest absolute Gasteiger partial charge is 0.508 e. The molecule has 0 spiro atoms. The van der Waals surface area contributed by atoms with Crippen LogP contribution in [0.4, 0.5) is 0 Å². The molecule has 5 nitrogen and oxygen atoms in total. The van der Waals surface area contributed by atoms with Crippen molar-refractivity contribution in [3.63, 3.8) is 0 Å². The second-order valence-corrected chi connectivity index (χ2v) is 9.11. The molecule has 3 atom stereocenters. The molecule has 2 unspecified atom stereocenters. The van der Waals surface area contributed by atoms with E-state index in [1.165, 1.54) is 5.57 Å². The maximum Gasteiger partial charge on any atom is 0.132 e. The van der Waals surface area contributed by atoms with Crippen molar-refractivity contribution in [3.8, 4) is 17.2 Å². The number of fused-ring (bicyclic) bond motifs is 2. The molecule has 30 heavy (non-hydrogen) atoms. The van der Waals surface area contributed by atoms with E-state index in [0.29, 0.717) is 17.1 Å². The molecule has 0 aliphatic carbocycles. The fraction of sp³-hybridized carbons (Fsp3) is 0.440. The predicted molar refractivity (Wildman–Crippen MR) is 115 cm³/mol. The molecule has 2 heterocycles. The predicted octanol–water partition coefficient (Wildman–Crippen LogP) is 4.53. The first-order valence-corrected chi connectivity index (χ1v) is 10.5. The minimum Gasteiger partial charge on any atom is -0.508 e. The summed E-state index contributed by atoms with van der Waals surface area (Å²) in [5.41, 5.74) is 4.06. The highest BCUT2D eigenvalue weighted by Crippen LogP contribution is 2.44. The molecule has 4 rings (SSSR count). The van der Waals surface area contributed by atoms with Crippen molar-refractivity contribution >= 4 is 0 Å². The molecule has 2 aromatic carbocycles. The first-order chi connectivity index (χ1) is 14.2. The molecule has 0 radical (unpaired) electrons. The number of benzene rings is 2. The topological polar surface area (TPSA) is 79.2 Å². The summed E-state index contributed by atoms with van der Waals surface area (Å²) < 4.78 is 12.3. The molecule has 0 bridgehead atoms. The van der Waals surface area contributed by atoms with Crippen LogP contribution in [0.1, 0.15) is 68.6 Å². The third kappa shape index (κ3) is 3.80. The van der Waals surface area contributed by atoms with Gasteiger partial charge < -0.3 is 24.8 Å². The van der Waals surface area contributed by atoms with Crippen molar-refractivity contribution in [1.82, 2.24) is 0 Å². The lowest BCUT2D eigenvalue weighted by Crippen LogP contribution is -2.48. The summed E-state index contributed by atoms with van der Waals surface area (Å²) in [5.74, 6) is 1.47. The van der Waals surface area contributed by atoms with Crippen LogP contribution in [0.15, 0.2) is 42.0 Å². The molecule has 3 N–H and O–H groups in total. The number of aryl methyl sites for hydroxylation is 1. The zero-order chi connectivity index (χ0) is 21.6. The van der Waals surface area contributed by atoms with Crippen LogP contribution in [0.2, 0.25) is 0 Å². The monoisotopic (exact) mass is 410 g/mol. The van der Waals surface area contributed by atoms with Gasteiger partial charge in [-0.2, -0.15) is 0 Å². The first kappa shape index (κ1) is 20.8. The number of hydrogen-bond donors (Lipinski definition) is 3. The molecule has 2 aliphatic rings. The van der Waals surface area contributed by atoms with Crippen LogP contribution in [0.25, 0.3) is 0 Å². The van der Waals surface area contributed by atoms with E-state index in [2.05, 4.69) is 19.9 Å². The van der Waals surface area contributed by atoms with Crippen LogP contribution < -0.4 is 9.47 Å². The van der Waals surface area contributed by atoms with Gasteiger partial charge in [0.15, 0.2) is 0 Å². The fourth-order valence-electron chi connectivity index (χ4n) is 4.24. The number of allylic oxidation sites excluding steroid dienone is 2.